The average Bonchev–Trinajstić information content (AvgIpc) is 2.73. The lowest BCUT2D eigenvalue weighted by atomic mass is 10.0. The summed E-state index contributed by atoms with van der Waals surface area (Å²) < 4.78 is 5.43. The number of morpholine rings is 1. The first kappa shape index (κ1) is 20.3. The molecule has 1 unspecified atom stereocenters. The number of ether oxygens (including phenoxy) is 1. The predicted octanol–water partition coefficient (Wildman–Crippen LogP) is 2.31. The van der Waals surface area contributed by atoms with Gasteiger partial charge in [0.15, 0.2) is 0 Å². The number of nitrogens with one attached hydrogen (secondary N) is 1. The number of amides is 1. The van der Waals surface area contributed by atoms with Crippen molar-refractivity contribution in [2.24, 2.45) is 0 Å². The van der Waals surface area contributed by atoms with Crippen molar-refractivity contribution in [3.8, 4) is 0 Å². The summed E-state index contributed by atoms with van der Waals surface area (Å²) in [5, 5.41) is 3.47. The zero-order chi connectivity index (χ0) is 18.7. The van der Waals surface area contributed by atoms with E-state index in [9.17, 15) is 4.79 Å². The smallest absolute Gasteiger partial charge is 0.222 e. The Labute approximate surface area is 164 Å². The zero-order valence-electron chi connectivity index (χ0n) is 16.6. The van der Waals surface area contributed by atoms with Crippen molar-refractivity contribution in [3.63, 3.8) is 0 Å². The zero-order valence-corrected chi connectivity index (χ0v) is 16.6. The second-order valence-electron chi connectivity index (χ2n) is 7.73. The molecule has 1 atom stereocenters. The molecule has 5 nitrogen and oxygen atoms in total. The van der Waals surface area contributed by atoms with E-state index in [2.05, 4.69) is 39.4 Å². The molecule has 0 bridgehead atoms. The molecule has 150 valence electrons. The molecule has 0 spiro atoms. The quantitative estimate of drug-likeness (QED) is 0.722. The van der Waals surface area contributed by atoms with Gasteiger partial charge in [0.25, 0.3) is 0 Å². The number of hydrogen-bond donors (Lipinski definition) is 1. The first-order valence-electron chi connectivity index (χ1n) is 10.7. The lowest BCUT2D eigenvalue weighted by molar-refractivity contribution is -0.134. The normalized spacial score (nSPS) is 21.1. The standard InChI is InChI=1S/C22H35N3O2/c26-22(11-4-9-20-7-2-1-3-8-20)25(21-10-5-12-23-19-21)14-6-13-24-15-17-27-18-16-24/h1-3,7-8,21,23H,4-6,9-19H2. The summed E-state index contributed by atoms with van der Waals surface area (Å²) in [6.07, 6.45) is 5.93. The molecule has 0 aromatic heterocycles. The molecule has 1 aromatic carbocycles. The van der Waals surface area contributed by atoms with E-state index in [1.54, 1.807) is 0 Å². The van der Waals surface area contributed by atoms with Crippen LogP contribution in [-0.2, 0) is 16.0 Å². The maximum absolute atomic E-state index is 13.0. The molecule has 1 amide bonds. The molecule has 2 aliphatic rings. The van der Waals surface area contributed by atoms with E-state index in [1.165, 1.54) is 12.0 Å². The van der Waals surface area contributed by atoms with Gasteiger partial charge in [-0.05, 0) is 44.2 Å². The summed E-state index contributed by atoms with van der Waals surface area (Å²) in [5.41, 5.74) is 1.32. The van der Waals surface area contributed by atoms with Crippen molar-refractivity contribution in [2.75, 3.05) is 52.5 Å². The Kier molecular flexibility index (Phi) is 8.59. The van der Waals surface area contributed by atoms with Crippen LogP contribution in [0.5, 0.6) is 0 Å². The third kappa shape index (κ3) is 6.91. The molecule has 0 saturated carbocycles. The Balaban J connectivity index is 1.46. The first-order valence-corrected chi connectivity index (χ1v) is 10.7. The predicted molar refractivity (Wildman–Crippen MR) is 109 cm³/mol. The Bertz CT molecular complexity index is 540. The first-order chi connectivity index (χ1) is 13.3. The average molecular weight is 374 g/mol. The molecular weight excluding hydrogens is 338 g/mol. The number of carbonyl (C=O) groups excluding carboxylic acids is 1. The number of piperidine rings is 1. The minimum Gasteiger partial charge on any atom is -0.379 e. The lowest BCUT2D eigenvalue weighted by Gasteiger charge is -2.36. The highest BCUT2D eigenvalue weighted by Crippen LogP contribution is 2.15. The molecule has 0 aliphatic carbocycles. The topological polar surface area (TPSA) is 44.8 Å². The monoisotopic (exact) mass is 373 g/mol. The van der Waals surface area contributed by atoms with Crippen LogP contribution in [0.3, 0.4) is 0 Å². The molecule has 3 rings (SSSR count). The van der Waals surface area contributed by atoms with Gasteiger partial charge in [-0.25, -0.2) is 0 Å². The van der Waals surface area contributed by atoms with Crippen molar-refractivity contribution >= 4 is 5.91 Å². The van der Waals surface area contributed by atoms with Crippen LogP contribution in [0.2, 0.25) is 0 Å². The lowest BCUT2D eigenvalue weighted by Crippen LogP contribution is -2.49. The van der Waals surface area contributed by atoms with Crippen LogP contribution in [0.1, 0.15) is 37.7 Å². The van der Waals surface area contributed by atoms with Crippen LogP contribution in [0.25, 0.3) is 0 Å². The van der Waals surface area contributed by atoms with E-state index < -0.39 is 0 Å². The summed E-state index contributed by atoms with van der Waals surface area (Å²) in [4.78, 5) is 17.6. The fourth-order valence-electron chi connectivity index (χ4n) is 4.13. The van der Waals surface area contributed by atoms with Gasteiger partial charge in [-0.2, -0.15) is 0 Å². The molecule has 1 N–H and O–H groups in total. The van der Waals surface area contributed by atoms with Crippen LogP contribution in [0.4, 0.5) is 0 Å². The Hall–Kier alpha value is -1.43. The Morgan fingerprint density at radius 3 is 2.74 bits per heavy atom. The van der Waals surface area contributed by atoms with E-state index in [0.717, 1.165) is 78.2 Å². The van der Waals surface area contributed by atoms with Gasteiger partial charge in [-0.3, -0.25) is 9.69 Å². The molecule has 1 aromatic rings. The maximum atomic E-state index is 13.0. The molecule has 2 saturated heterocycles. The van der Waals surface area contributed by atoms with E-state index in [0.29, 0.717) is 18.4 Å². The molecule has 5 heteroatoms. The largest absolute Gasteiger partial charge is 0.379 e. The maximum Gasteiger partial charge on any atom is 0.222 e. The minimum absolute atomic E-state index is 0.335. The summed E-state index contributed by atoms with van der Waals surface area (Å²) >= 11 is 0. The number of hydrogen-bond acceptors (Lipinski definition) is 4. The minimum atomic E-state index is 0.335. The number of rotatable bonds is 9. The summed E-state index contributed by atoms with van der Waals surface area (Å²) in [6.45, 7) is 7.71. The van der Waals surface area contributed by atoms with Gasteiger partial charge < -0.3 is 15.0 Å². The third-order valence-electron chi connectivity index (χ3n) is 5.71. The van der Waals surface area contributed by atoms with Crippen molar-refractivity contribution in [3.05, 3.63) is 35.9 Å². The fraction of sp³-hybridized carbons (Fsp3) is 0.682. The van der Waals surface area contributed by atoms with Gasteiger partial charge in [-0.1, -0.05) is 30.3 Å². The van der Waals surface area contributed by atoms with Crippen LogP contribution in [0, 0.1) is 0 Å². The van der Waals surface area contributed by atoms with E-state index in [1.807, 2.05) is 6.07 Å². The third-order valence-corrected chi connectivity index (χ3v) is 5.71. The number of benzene rings is 1. The Morgan fingerprint density at radius 2 is 2.00 bits per heavy atom. The van der Waals surface area contributed by atoms with Crippen molar-refractivity contribution in [1.82, 2.24) is 15.1 Å². The van der Waals surface area contributed by atoms with Crippen molar-refractivity contribution in [2.45, 2.75) is 44.6 Å². The number of nitrogens with zero attached hydrogens (tertiary/aromatic N) is 2. The van der Waals surface area contributed by atoms with Gasteiger partial charge in [0, 0.05) is 45.2 Å². The van der Waals surface area contributed by atoms with E-state index in [4.69, 9.17) is 4.74 Å². The van der Waals surface area contributed by atoms with Crippen LogP contribution in [-0.4, -0.2) is 74.2 Å². The van der Waals surface area contributed by atoms with Crippen molar-refractivity contribution in [1.29, 1.82) is 0 Å². The highest BCUT2D eigenvalue weighted by molar-refractivity contribution is 5.76. The van der Waals surface area contributed by atoms with Crippen LogP contribution < -0.4 is 5.32 Å². The van der Waals surface area contributed by atoms with Gasteiger partial charge in [0.1, 0.15) is 0 Å². The highest BCUT2D eigenvalue weighted by atomic mass is 16.5. The number of carbonyl (C=O) groups is 1. The van der Waals surface area contributed by atoms with E-state index in [-0.39, 0.29) is 0 Å². The van der Waals surface area contributed by atoms with Crippen molar-refractivity contribution < 1.29 is 9.53 Å². The second-order valence-corrected chi connectivity index (χ2v) is 7.73. The molecular formula is C22H35N3O2. The van der Waals surface area contributed by atoms with E-state index >= 15 is 0 Å². The fourth-order valence-corrected chi connectivity index (χ4v) is 4.13. The summed E-state index contributed by atoms with van der Waals surface area (Å²) in [5.74, 6) is 0.335. The Morgan fingerprint density at radius 1 is 1.19 bits per heavy atom. The van der Waals surface area contributed by atoms with Crippen LogP contribution in [0.15, 0.2) is 30.3 Å². The van der Waals surface area contributed by atoms with Gasteiger partial charge >= 0.3 is 0 Å². The summed E-state index contributed by atoms with van der Waals surface area (Å²) in [6, 6.07) is 10.9. The SMILES string of the molecule is O=C(CCCc1ccccc1)N(CCCN1CCOCC1)C1CCCNC1. The molecule has 0 radical (unpaired) electrons. The van der Waals surface area contributed by atoms with Gasteiger partial charge in [-0.15, -0.1) is 0 Å². The number of aryl methyl sites for hydroxylation is 1. The molecule has 2 aliphatic heterocycles. The summed E-state index contributed by atoms with van der Waals surface area (Å²) in [7, 11) is 0. The second kappa shape index (κ2) is 11.4. The molecule has 27 heavy (non-hydrogen) atoms. The van der Waals surface area contributed by atoms with Gasteiger partial charge in [0.05, 0.1) is 13.2 Å². The highest BCUT2D eigenvalue weighted by Gasteiger charge is 2.25. The molecule has 2 heterocycles. The molecule has 2 fully saturated rings. The van der Waals surface area contributed by atoms with Crippen LogP contribution >= 0.6 is 0 Å². The van der Waals surface area contributed by atoms with Gasteiger partial charge in [0.2, 0.25) is 5.91 Å².